The Bertz CT molecular complexity index is 1310. The molecule has 0 aliphatic carbocycles. The van der Waals surface area contributed by atoms with Gasteiger partial charge in [-0.3, -0.25) is 14.4 Å². The van der Waals surface area contributed by atoms with Gasteiger partial charge in [-0.05, 0) is 80.5 Å². The van der Waals surface area contributed by atoms with Gasteiger partial charge in [0.2, 0.25) is 5.91 Å². The summed E-state index contributed by atoms with van der Waals surface area (Å²) in [5.74, 6) is -0.282. The Kier molecular flexibility index (Phi) is 13.3. The minimum absolute atomic E-state index is 0.140. The number of carbonyl (C=O) groups excluding carboxylic acids is 3. The van der Waals surface area contributed by atoms with Gasteiger partial charge in [0.15, 0.2) is 5.78 Å². The van der Waals surface area contributed by atoms with E-state index in [1.807, 2.05) is 69.3 Å². The van der Waals surface area contributed by atoms with E-state index in [0.717, 1.165) is 29.9 Å². The molecule has 3 rings (SSSR count). The SMILES string of the molecule is Cc1ccc(OCCCCOc2ccc(CCC(=O)c3ccc(C(=O)NCC(=O)N[C@@H](CC(C)C)B(O)O)[nH]3)cc2)cc1. The van der Waals surface area contributed by atoms with Crippen molar-refractivity contribution in [2.24, 2.45) is 5.92 Å². The highest BCUT2D eigenvalue weighted by Crippen LogP contribution is 2.16. The van der Waals surface area contributed by atoms with Crippen LogP contribution in [0, 0.1) is 12.8 Å². The second-order valence-electron chi connectivity index (χ2n) is 11.0. The van der Waals surface area contributed by atoms with Crippen molar-refractivity contribution >= 4 is 24.7 Å². The quantitative estimate of drug-likeness (QED) is 0.0861. The fourth-order valence-electron chi connectivity index (χ4n) is 4.33. The van der Waals surface area contributed by atoms with E-state index in [1.165, 1.54) is 11.6 Å². The van der Waals surface area contributed by atoms with E-state index in [1.54, 1.807) is 6.07 Å². The van der Waals surface area contributed by atoms with Gasteiger partial charge in [0.25, 0.3) is 5.91 Å². The van der Waals surface area contributed by atoms with E-state index in [2.05, 4.69) is 15.6 Å². The van der Waals surface area contributed by atoms with Crippen LogP contribution in [0.1, 0.15) is 71.6 Å². The Hall–Kier alpha value is -4.09. The molecule has 2 aromatic carbocycles. The van der Waals surface area contributed by atoms with E-state index < -0.39 is 24.9 Å². The van der Waals surface area contributed by atoms with E-state index >= 15 is 0 Å². The topological polar surface area (TPSA) is 150 Å². The average molecular weight is 592 g/mol. The number of aryl methyl sites for hydroxylation is 2. The van der Waals surface area contributed by atoms with Crippen LogP contribution in [0.5, 0.6) is 11.5 Å². The van der Waals surface area contributed by atoms with Gasteiger partial charge in [0, 0.05) is 6.42 Å². The Labute approximate surface area is 253 Å². The number of nitrogens with one attached hydrogen (secondary N) is 3. The first-order valence-electron chi connectivity index (χ1n) is 14.7. The van der Waals surface area contributed by atoms with E-state index in [9.17, 15) is 24.4 Å². The second-order valence-corrected chi connectivity index (χ2v) is 11.0. The number of unbranched alkanes of at least 4 members (excludes halogenated alkanes) is 1. The molecule has 11 heteroatoms. The zero-order valence-electron chi connectivity index (χ0n) is 25.1. The van der Waals surface area contributed by atoms with Crippen molar-refractivity contribution in [1.82, 2.24) is 15.6 Å². The lowest BCUT2D eigenvalue weighted by molar-refractivity contribution is -0.120. The lowest BCUT2D eigenvalue weighted by Crippen LogP contribution is -2.50. The fraction of sp³-hybridized carbons (Fsp3) is 0.406. The summed E-state index contributed by atoms with van der Waals surface area (Å²) in [5, 5.41) is 23.9. The molecule has 230 valence electrons. The Morgan fingerprint density at radius 1 is 0.860 bits per heavy atom. The number of hydrogen-bond donors (Lipinski definition) is 5. The summed E-state index contributed by atoms with van der Waals surface area (Å²) in [5.41, 5.74) is 2.66. The van der Waals surface area contributed by atoms with Crippen molar-refractivity contribution in [2.45, 2.75) is 58.8 Å². The number of carbonyl (C=O) groups is 3. The monoisotopic (exact) mass is 591 g/mol. The first kappa shape index (κ1) is 33.4. The lowest BCUT2D eigenvalue weighted by Gasteiger charge is -2.19. The molecule has 0 aliphatic rings. The molecule has 1 aromatic heterocycles. The van der Waals surface area contributed by atoms with Crippen molar-refractivity contribution in [1.29, 1.82) is 0 Å². The maximum absolute atomic E-state index is 12.7. The summed E-state index contributed by atoms with van der Waals surface area (Å²) in [6, 6.07) is 18.7. The maximum atomic E-state index is 12.7. The molecular weight excluding hydrogens is 549 g/mol. The van der Waals surface area contributed by atoms with Gasteiger partial charge in [-0.15, -0.1) is 0 Å². The van der Waals surface area contributed by atoms with Crippen LogP contribution in [0.25, 0.3) is 0 Å². The molecule has 0 spiro atoms. The number of hydrogen-bond acceptors (Lipinski definition) is 7. The molecule has 0 aliphatic heterocycles. The van der Waals surface area contributed by atoms with Crippen molar-refractivity contribution in [3.8, 4) is 11.5 Å². The zero-order valence-corrected chi connectivity index (χ0v) is 25.1. The van der Waals surface area contributed by atoms with E-state index in [0.29, 0.717) is 31.7 Å². The van der Waals surface area contributed by atoms with Crippen LogP contribution in [0.4, 0.5) is 0 Å². The van der Waals surface area contributed by atoms with Crippen LogP contribution in [-0.4, -0.2) is 65.4 Å². The Morgan fingerprint density at radius 3 is 2.02 bits per heavy atom. The van der Waals surface area contributed by atoms with Crippen LogP contribution >= 0.6 is 0 Å². The van der Waals surface area contributed by atoms with E-state index in [4.69, 9.17) is 9.47 Å². The van der Waals surface area contributed by atoms with Gasteiger partial charge in [0.05, 0.1) is 31.4 Å². The van der Waals surface area contributed by atoms with Crippen LogP contribution in [0.15, 0.2) is 60.7 Å². The molecule has 10 nitrogen and oxygen atoms in total. The van der Waals surface area contributed by atoms with Crippen LogP contribution in [0.2, 0.25) is 0 Å². The molecule has 1 atom stereocenters. The normalized spacial score (nSPS) is 11.6. The molecule has 3 aromatic rings. The van der Waals surface area contributed by atoms with Gasteiger partial charge in [-0.25, -0.2) is 0 Å². The Balaban J connectivity index is 1.34. The van der Waals surface area contributed by atoms with Gasteiger partial charge < -0.3 is 35.1 Å². The number of aromatic nitrogens is 1. The van der Waals surface area contributed by atoms with Crippen LogP contribution in [0.3, 0.4) is 0 Å². The first-order chi connectivity index (χ1) is 20.6. The van der Waals surface area contributed by atoms with Gasteiger partial charge in [-0.1, -0.05) is 43.7 Å². The average Bonchev–Trinajstić information content (AvgIpc) is 3.48. The molecule has 0 saturated heterocycles. The highest BCUT2D eigenvalue weighted by atomic mass is 16.5. The summed E-state index contributed by atoms with van der Waals surface area (Å²) >= 11 is 0. The molecule has 2 amide bonds. The molecule has 0 fully saturated rings. The number of ketones is 1. The second kappa shape index (κ2) is 17.1. The molecule has 5 N–H and O–H groups in total. The summed E-state index contributed by atoms with van der Waals surface area (Å²) < 4.78 is 11.5. The molecule has 0 unspecified atom stereocenters. The van der Waals surface area contributed by atoms with Crippen LogP contribution in [-0.2, 0) is 11.2 Å². The standard InChI is InChI=1S/C32H42BN3O7/c1-22(2)20-30(33(40)41)36-31(38)21-34-32(39)28-16-15-27(35-28)29(37)17-10-24-8-13-26(14-9-24)43-19-5-4-18-42-25-11-6-23(3)7-12-25/h6-9,11-16,22,30,35,40-41H,4-5,10,17-21H2,1-3H3,(H,34,39)(H,36,38)/t30-/m0/s1. The summed E-state index contributed by atoms with van der Waals surface area (Å²) in [4.78, 5) is 40.1. The minimum atomic E-state index is -1.70. The highest BCUT2D eigenvalue weighted by Gasteiger charge is 2.26. The predicted octanol–water partition coefficient (Wildman–Crippen LogP) is 3.65. The number of rotatable bonds is 18. The fourth-order valence-corrected chi connectivity index (χ4v) is 4.33. The van der Waals surface area contributed by atoms with Crippen molar-refractivity contribution in [3.05, 3.63) is 83.2 Å². The van der Waals surface area contributed by atoms with Gasteiger partial charge >= 0.3 is 7.12 Å². The smallest absolute Gasteiger partial charge is 0.475 e. The molecule has 0 radical (unpaired) electrons. The minimum Gasteiger partial charge on any atom is -0.494 e. The lowest BCUT2D eigenvalue weighted by atomic mass is 9.75. The number of ether oxygens (including phenoxy) is 2. The highest BCUT2D eigenvalue weighted by molar-refractivity contribution is 6.43. The van der Waals surface area contributed by atoms with E-state index in [-0.39, 0.29) is 30.4 Å². The third kappa shape index (κ3) is 12.0. The number of Topliss-reactive ketones (excluding diaryl/α,β-unsaturated/α-hetero) is 1. The third-order valence-electron chi connectivity index (χ3n) is 6.73. The van der Waals surface area contributed by atoms with Crippen molar-refractivity contribution < 1.29 is 33.9 Å². The van der Waals surface area contributed by atoms with Crippen LogP contribution < -0.4 is 20.1 Å². The maximum Gasteiger partial charge on any atom is 0.475 e. The number of H-pyrrole nitrogens is 1. The summed E-state index contributed by atoms with van der Waals surface area (Å²) in [6.45, 7) is 6.72. The first-order valence-corrected chi connectivity index (χ1v) is 14.7. The number of aromatic amines is 1. The van der Waals surface area contributed by atoms with Gasteiger partial charge in [-0.2, -0.15) is 0 Å². The largest absolute Gasteiger partial charge is 0.494 e. The summed E-state index contributed by atoms with van der Waals surface area (Å²) in [6.07, 6.45) is 2.93. The molecule has 0 saturated carbocycles. The van der Waals surface area contributed by atoms with Crippen molar-refractivity contribution in [3.63, 3.8) is 0 Å². The molecule has 0 bridgehead atoms. The molecule has 1 heterocycles. The third-order valence-corrected chi connectivity index (χ3v) is 6.73. The molecule has 43 heavy (non-hydrogen) atoms. The Morgan fingerprint density at radius 2 is 1.44 bits per heavy atom. The number of benzene rings is 2. The summed E-state index contributed by atoms with van der Waals surface area (Å²) in [7, 11) is -1.70. The van der Waals surface area contributed by atoms with Gasteiger partial charge in [0.1, 0.15) is 17.2 Å². The predicted molar refractivity (Wildman–Crippen MR) is 165 cm³/mol. The zero-order chi connectivity index (χ0) is 31.2. The molecular formula is C32H42BN3O7. The number of amides is 2. The van der Waals surface area contributed by atoms with Crippen molar-refractivity contribution in [2.75, 3.05) is 19.8 Å².